The minimum absolute atomic E-state index is 0.0304. The average Bonchev–Trinajstić information content (AvgIpc) is 3.21. The van der Waals surface area contributed by atoms with Gasteiger partial charge < -0.3 is 15.1 Å². The molecule has 2 fully saturated rings. The van der Waals surface area contributed by atoms with Gasteiger partial charge in [0.05, 0.1) is 0 Å². The van der Waals surface area contributed by atoms with Gasteiger partial charge in [-0.15, -0.1) is 0 Å². The van der Waals surface area contributed by atoms with E-state index in [1.807, 2.05) is 0 Å². The number of hydrogen-bond acceptors (Lipinski definition) is 3. The fourth-order valence-electron chi connectivity index (χ4n) is 2.31. The molecule has 2 aliphatic rings. The Kier molecular flexibility index (Phi) is 4.01. The molecule has 1 N–H and O–H groups in total. The molecule has 3 amide bonds. The summed E-state index contributed by atoms with van der Waals surface area (Å²) in [6.45, 7) is 6.96. The molecule has 1 heterocycles. The molecular formula is C14H23N3O3. The first-order chi connectivity index (χ1) is 9.32. The van der Waals surface area contributed by atoms with Crippen molar-refractivity contribution in [3.8, 4) is 0 Å². The van der Waals surface area contributed by atoms with Crippen LogP contribution in [0.4, 0.5) is 0 Å². The third-order valence-electron chi connectivity index (χ3n) is 4.03. The first-order valence-electron chi connectivity index (χ1n) is 7.18. The van der Waals surface area contributed by atoms with Crippen LogP contribution >= 0.6 is 0 Å². The van der Waals surface area contributed by atoms with Gasteiger partial charge in [0.15, 0.2) is 0 Å². The maximum atomic E-state index is 12.5. The number of piperazine rings is 1. The number of rotatable bonds is 3. The molecule has 1 aliphatic carbocycles. The molecule has 112 valence electrons. The molecule has 1 saturated carbocycles. The van der Waals surface area contributed by atoms with Gasteiger partial charge in [-0.05, 0) is 26.7 Å². The molecule has 0 aromatic carbocycles. The summed E-state index contributed by atoms with van der Waals surface area (Å²) in [7, 11) is 0. The van der Waals surface area contributed by atoms with Crippen LogP contribution in [0.5, 0.6) is 0 Å². The monoisotopic (exact) mass is 281 g/mol. The zero-order valence-corrected chi connectivity index (χ0v) is 12.4. The Labute approximate surface area is 119 Å². The summed E-state index contributed by atoms with van der Waals surface area (Å²) in [6.07, 6.45) is 2.01. The molecule has 2 rings (SSSR count). The van der Waals surface area contributed by atoms with E-state index in [0.717, 1.165) is 12.8 Å². The van der Waals surface area contributed by atoms with Gasteiger partial charge in [-0.25, -0.2) is 0 Å². The third-order valence-corrected chi connectivity index (χ3v) is 4.03. The van der Waals surface area contributed by atoms with Crippen molar-refractivity contribution < 1.29 is 14.4 Å². The Morgan fingerprint density at radius 3 is 1.95 bits per heavy atom. The second-order valence-electron chi connectivity index (χ2n) is 6.17. The van der Waals surface area contributed by atoms with Crippen molar-refractivity contribution in [3.63, 3.8) is 0 Å². The van der Waals surface area contributed by atoms with Gasteiger partial charge in [-0.1, -0.05) is 0 Å². The quantitative estimate of drug-likeness (QED) is 0.739. The number of hydrogen-bond donors (Lipinski definition) is 1. The lowest BCUT2D eigenvalue weighted by Crippen LogP contribution is -2.56. The fraction of sp³-hybridized carbons (Fsp3) is 0.786. The molecule has 0 radical (unpaired) electrons. The normalized spacial score (nSPS) is 19.8. The van der Waals surface area contributed by atoms with E-state index in [9.17, 15) is 14.4 Å². The van der Waals surface area contributed by atoms with Crippen LogP contribution in [0, 0.1) is 5.41 Å². The molecule has 0 bridgehead atoms. The summed E-state index contributed by atoms with van der Waals surface area (Å²) in [5.41, 5.74) is -1.04. The first-order valence-corrected chi connectivity index (χ1v) is 7.18. The number of nitrogens with one attached hydrogen (secondary N) is 1. The van der Waals surface area contributed by atoms with Gasteiger partial charge >= 0.3 is 0 Å². The molecule has 6 nitrogen and oxygen atoms in total. The van der Waals surface area contributed by atoms with Gasteiger partial charge in [0.2, 0.25) is 17.7 Å². The highest BCUT2D eigenvalue weighted by atomic mass is 16.2. The van der Waals surface area contributed by atoms with Crippen LogP contribution in [0.15, 0.2) is 0 Å². The van der Waals surface area contributed by atoms with Crippen LogP contribution in [0.25, 0.3) is 0 Å². The zero-order valence-electron chi connectivity index (χ0n) is 12.4. The van der Waals surface area contributed by atoms with E-state index < -0.39 is 5.41 Å². The molecule has 0 atom stereocenters. The van der Waals surface area contributed by atoms with Crippen molar-refractivity contribution in [2.24, 2.45) is 5.41 Å². The highest BCUT2D eigenvalue weighted by Crippen LogP contribution is 2.25. The maximum absolute atomic E-state index is 12.5. The summed E-state index contributed by atoms with van der Waals surface area (Å²) in [5.74, 6) is -0.319. The van der Waals surface area contributed by atoms with Crippen molar-refractivity contribution in [1.82, 2.24) is 15.1 Å². The van der Waals surface area contributed by atoms with E-state index in [2.05, 4.69) is 5.32 Å². The van der Waals surface area contributed by atoms with Crippen LogP contribution < -0.4 is 5.32 Å². The van der Waals surface area contributed by atoms with Crippen molar-refractivity contribution in [1.29, 1.82) is 0 Å². The second kappa shape index (κ2) is 5.42. The van der Waals surface area contributed by atoms with Crippen molar-refractivity contribution >= 4 is 17.7 Å². The van der Waals surface area contributed by atoms with E-state index >= 15 is 0 Å². The third kappa shape index (κ3) is 3.11. The van der Waals surface area contributed by atoms with E-state index in [1.54, 1.807) is 23.6 Å². The maximum Gasteiger partial charge on any atom is 0.237 e. The van der Waals surface area contributed by atoms with E-state index in [1.165, 1.54) is 6.92 Å². The molecular weight excluding hydrogens is 258 g/mol. The van der Waals surface area contributed by atoms with Gasteiger partial charge in [-0.2, -0.15) is 0 Å². The second-order valence-corrected chi connectivity index (χ2v) is 6.17. The number of nitrogens with zero attached hydrogens (tertiary/aromatic N) is 2. The summed E-state index contributed by atoms with van der Waals surface area (Å²) in [5, 5.41) is 2.89. The lowest BCUT2D eigenvalue weighted by Gasteiger charge is -2.37. The van der Waals surface area contributed by atoms with Crippen LogP contribution in [-0.2, 0) is 14.4 Å². The summed E-state index contributed by atoms with van der Waals surface area (Å²) in [4.78, 5) is 39.3. The predicted octanol–water partition coefficient (Wildman–Crippen LogP) is -0.0181. The lowest BCUT2D eigenvalue weighted by molar-refractivity contribution is -0.151. The number of amides is 3. The van der Waals surface area contributed by atoms with Gasteiger partial charge in [-0.3, -0.25) is 14.4 Å². The predicted molar refractivity (Wildman–Crippen MR) is 73.8 cm³/mol. The Balaban J connectivity index is 1.92. The van der Waals surface area contributed by atoms with Gasteiger partial charge in [0.25, 0.3) is 0 Å². The first kappa shape index (κ1) is 14.8. The Hall–Kier alpha value is -1.59. The molecule has 6 heteroatoms. The Morgan fingerprint density at radius 1 is 1.00 bits per heavy atom. The van der Waals surface area contributed by atoms with Crippen molar-refractivity contribution in [2.45, 2.75) is 39.7 Å². The van der Waals surface area contributed by atoms with Crippen molar-refractivity contribution in [2.75, 3.05) is 26.2 Å². The summed E-state index contributed by atoms with van der Waals surface area (Å²) in [6, 6.07) is 0.254. The average molecular weight is 281 g/mol. The SMILES string of the molecule is CC(=O)N1CCN(C(=O)C(C)(C)C(=O)NC2CC2)CC1. The van der Waals surface area contributed by atoms with Crippen LogP contribution in [0.1, 0.15) is 33.6 Å². The van der Waals surface area contributed by atoms with Gasteiger partial charge in [0.1, 0.15) is 5.41 Å². The van der Waals surface area contributed by atoms with Crippen molar-refractivity contribution in [3.05, 3.63) is 0 Å². The molecule has 0 unspecified atom stereocenters. The Morgan fingerprint density at radius 2 is 1.50 bits per heavy atom. The molecule has 0 aromatic heterocycles. The minimum Gasteiger partial charge on any atom is -0.352 e. The van der Waals surface area contributed by atoms with E-state index in [0.29, 0.717) is 26.2 Å². The van der Waals surface area contributed by atoms with Crippen LogP contribution in [0.2, 0.25) is 0 Å². The highest BCUT2D eigenvalue weighted by molar-refractivity contribution is 6.04. The number of carbonyl (C=O) groups excluding carboxylic acids is 3. The van der Waals surface area contributed by atoms with Gasteiger partial charge in [0, 0.05) is 39.1 Å². The highest BCUT2D eigenvalue weighted by Gasteiger charge is 2.41. The molecule has 20 heavy (non-hydrogen) atoms. The molecule has 1 saturated heterocycles. The molecule has 0 spiro atoms. The molecule has 1 aliphatic heterocycles. The summed E-state index contributed by atoms with van der Waals surface area (Å²) >= 11 is 0. The standard InChI is InChI=1S/C14H23N3O3/c1-10(18)16-6-8-17(9-7-16)13(20)14(2,3)12(19)15-11-4-5-11/h11H,4-9H2,1-3H3,(H,15,19). The zero-order chi connectivity index (χ0) is 14.9. The summed E-state index contributed by atoms with van der Waals surface area (Å²) < 4.78 is 0. The largest absolute Gasteiger partial charge is 0.352 e. The van der Waals surface area contributed by atoms with E-state index in [4.69, 9.17) is 0 Å². The number of carbonyl (C=O) groups is 3. The topological polar surface area (TPSA) is 69.7 Å². The van der Waals surface area contributed by atoms with Crippen LogP contribution in [0.3, 0.4) is 0 Å². The Bertz CT molecular complexity index is 421. The fourth-order valence-corrected chi connectivity index (χ4v) is 2.31. The van der Waals surface area contributed by atoms with E-state index in [-0.39, 0.29) is 23.8 Å². The van der Waals surface area contributed by atoms with Crippen LogP contribution in [-0.4, -0.2) is 59.7 Å². The lowest BCUT2D eigenvalue weighted by atomic mass is 9.90. The minimum atomic E-state index is -1.04. The smallest absolute Gasteiger partial charge is 0.237 e. The molecule has 0 aromatic rings.